The van der Waals surface area contributed by atoms with Crippen LogP contribution in [0.2, 0.25) is 5.15 Å². The van der Waals surface area contributed by atoms with Crippen molar-refractivity contribution in [2.24, 2.45) is 5.92 Å². The van der Waals surface area contributed by atoms with Gasteiger partial charge in [0.2, 0.25) is 29.2 Å². The number of aliphatic hydroxyl groups excluding tert-OH is 1. The maximum Gasteiger partial charge on any atom is 0.519 e. The Morgan fingerprint density at radius 3 is 1.42 bits per heavy atom. The molecule has 1 fully saturated rings. The third-order valence-electron chi connectivity index (χ3n) is 25.2. The number of aliphatic carboxylic acids is 1. The molecule has 0 radical (unpaired) electrons. The molecular weight excluding hydrogens is 1910 g/mol. The van der Waals surface area contributed by atoms with Crippen LogP contribution in [0.4, 0.5) is 4.79 Å². The van der Waals surface area contributed by atoms with E-state index in [1.54, 1.807) is 32.3 Å². The molecule has 18 rings (SSSR count). The number of esters is 1. The minimum absolute atomic E-state index is 0.115. The number of hydrogen-bond donors (Lipinski definition) is 8. The minimum Gasteiger partial charge on any atom is -0.480 e. The molecule has 768 valence electrons. The van der Waals surface area contributed by atoms with Crippen LogP contribution in [-0.2, 0) is 86.5 Å². The maximum atomic E-state index is 13.5. The molecule has 8 N–H and O–H groups in total. The molecule has 148 heavy (non-hydrogen) atoms. The molecule has 0 spiro atoms. The van der Waals surface area contributed by atoms with Gasteiger partial charge in [-0.05, 0) is 179 Å². The predicted octanol–water partition coefficient (Wildman–Crippen LogP) is 19.3. The van der Waals surface area contributed by atoms with E-state index in [-0.39, 0.29) is 60.6 Å². The second kappa shape index (κ2) is 50.5. The number of para-hydroxylation sites is 1. The van der Waals surface area contributed by atoms with Gasteiger partial charge in [0.15, 0.2) is 35.1 Å². The number of aliphatic hydroxyl groups is 2. The molecule has 0 bridgehead atoms. The van der Waals surface area contributed by atoms with Gasteiger partial charge >= 0.3 is 23.9 Å². The van der Waals surface area contributed by atoms with Crippen LogP contribution in [0.25, 0.3) is 101 Å². The van der Waals surface area contributed by atoms with Gasteiger partial charge < -0.3 is 57.1 Å². The van der Waals surface area contributed by atoms with Crippen molar-refractivity contribution in [3.05, 3.63) is 296 Å². The van der Waals surface area contributed by atoms with Crippen molar-refractivity contribution >= 4 is 46.6 Å². The zero-order valence-corrected chi connectivity index (χ0v) is 84.6. The van der Waals surface area contributed by atoms with E-state index in [2.05, 4.69) is 124 Å². The number of tetrazole rings is 4. The predicted molar refractivity (Wildman–Crippen MR) is 549 cm³/mol. The third kappa shape index (κ3) is 26.2. The van der Waals surface area contributed by atoms with Crippen LogP contribution < -0.4 is 10.6 Å². The fraction of sp³-hybridized carbons (Fsp3) is 0.333. The largest absolute Gasteiger partial charge is 0.519 e. The Morgan fingerprint density at radius 2 is 1.01 bits per heavy atom. The Bertz CT molecular complexity index is 7260. The number of fused-ring (bicyclic) bond motifs is 1. The van der Waals surface area contributed by atoms with Crippen molar-refractivity contribution in [3.63, 3.8) is 0 Å². The number of hydrogen-bond acceptors (Lipinski definition) is 30. The smallest absolute Gasteiger partial charge is 0.480 e. The molecule has 8 heterocycles. The SMILES string of the molecule is CCCCC(=O)N(Cc1ccc(-c2ccccc2-c2nn[nH]n2)cc1)C(C(=O)O)C(C)C.CCCCc1nc(Cl)c(CO)n1Cc1ccc(-c2ccccc2-c2nn[nH]n2)cc1.CCCc1nc(C(C)(C)O)c(C(=O)OCc2oc(=O)oc2C)n1Cc1ccc(-c2ccccc2-c2nn[nH]n2)cc1.CCOc1nc2cccc(C(OO)C(C)OC(=O)OC3CCCCC3)c2n1Cc1ccc(-c2ccccc2-c2nn[nH]n2)cc1. The van der Waals surface area contributed by atoms with E-state index in [9.17, 15) is 44.5 Å². The van der Waals surface area contributed by atoms with Crippen molar-refractivity contribution in [1.82, 2.24) is 116 Å². The van der Waals surface area contributed by atoms with Crippen LogP contribution in [0.15, 0.2) is 226 Å². The number of nitrogens with one attached hydrogen (secondary N) is 4. The van der Waals surface area contributed by atoms with Crippen LogP contribution in [-0.4, -0.2) is 185 Å². The highest BCUT2D eigenvalue weighted by atomic mass is 35.5. The zero-order chi connectivity index (χ0) is 104. The molecular formula is C108H118ClN23O16. The summed E-state index contributed by atoms with van der Waals surface area (Å²) in [4.78, 5) is 82.6. The summed E-state index contributed by atoms with van der Waals surface area (Å²) in [5.41, 5.74) is 16.8. The highest BCUT2D eigenvalue weighted by molar-refractivity contribution is 6.30. The van der Waals surface area contributed by atoms with E-state index in [4.69, 9.17) is 49.3 Å². The standard InChI is InChI=1S/C33H36N6O6.C29H30N6O6.C24H29N5O3.C22H23ClN6O/c1-3-42-32-34-28-15-9-14-27(30(45-41)21(2)43-33(40)44-24-10-5-4-6-11-24)29(28)39(32)20-22-16-18-23(19-17-22)25-12-7-8-13-26(25)31-35-37-38-36-31;1-5-8-23-30-25(29(3,4)38)24(27(36)39-16-22-17(2)40-28(37)41-22)35(23)15-18-11-13-19(14-12-18)20-9-6-7-10-21(20)26-31-33-34-32-26;1-4-5-10-21(30)29(22(16(2)3)24(31)32)15-17-11-13-18(14-12-17)19-8-6-7-9-20(19)23-25-27-28-26-23;1-2-3-8-20-24-21(23)19(14-30)29(20)13-15-9-11-16(12-10-15)17-6-4-5-7-18(17)22-25-27-28-26-22/h7-9,12-19,21,24,30,41H,3-6,10-11,20H2,1-2H3,(H,35,36,37,38);6-7,9-14,38H,5,8,15-16H2,1-4H3,(H,31,32,33,34);6-9,11-14,16,22H,4-5,10,15H2,1-3H3,(H,31,32)(H,25,26,27,28);4-7,9-12,30H,2-3,8,13-14H2,1H3,(H,25,26,27,28). The number of nitrogens with zero attached hydrogens (tertiary/aromatic N) is 19. The van der Waals surface area contributed by atoms with Crippen LogP contribution in [0.5, 0.6) is 6.01 Å². The van der Waals surface area contributed by atoms with Gasteiger partial charge in [-0.15, -0.1) is 40.8 Å². The molecule has 1 aliphatic rings. The molecule has 1 aliphatic carbocycles. The molecule has 0 aliphatic heterocycles. The number of amides is 1. The van der Waals surface area contributed by atoms with Crippen molar-refractivity contribution < 1.29 is 72.4 Å². The number of carboxylic acids is 1. The summed E-state index contributed by atoms with van der Waals surface area (Å²) in [6.07, 6.45) is 8.38. The van der Waals surface area contributed by atoms with Crippen LogP contribution in [0.1, 0.15) is 212 Å². The van der Waals surface area contributed by atoms with Crippen molar-refractivity contribution in [3.8, 4) is 96.1 Å². The number of unbranched alkanes of at least 4 members (excludes halogenated alkanes) is 2. The summed E-state index contributed by atoms with van der Waals surface area (Å²) in [5.74, 6) is 1.14. The molecule has 9 aromatic carbocycles. The first kappa shape index (κ1) is 106. The highest BCUT2D eigenvalue weighted by Gasteiger charge is 2.37. The van der Waals surface area contributed by atoms with E-state index >= 15 is 0 Å². The summed E-state index contributed by atoms with van der Waals surface area (Å²) >= 11 is 6.26. The Labute approximate surface area is 857 Å². The van der Waals surface area contributed by atoms with Crippen LogP contribution >= 0.6 is 11.6 Å². The number of imidazole rings is 3. The molecule has 17 aromatic rings. The average molecular weight is 2030 g/mol. The van der Waals surface area contributed by atoms with Gasteiger partial charge in [-0.2, -0.15) is 25.8 Å². The number of carbonyl (C=O) groups excluding carboxylic acids is 3. The molecule has 8 aromatic heterocycles. The number of carbonyl (C=O) groups is 4. The second-order valence-corrected chi connectivity index (χ2v) is 36.8. The molecule has 39 nitrogen and oxygen atoms in total. The first-order valence-corrected chi connectivity index (χ1v) is 49.7. The Balaban J connectivity index is 0.000000150. The van der Waals surface area contributed by atoms with Gasteiger partial charge in [0.25, 0.3) is 6.01 Å². The topological polar surface area (TPSA) is 513 Å². The number of halogens is 1. The summed E-state index contributed by atoms with van der Waals surface area (Å²) in [6.45, 7) is 19.7. The van der Waals surface area contributed by atoms with Crippen molar-refractivity contribution in [2.75, 3.05) is 6.61 Å². The van der Waals surface area contributed by atoms with E-state index in [1.807, 2.05) is 232 Å². The zero-order valence-electron chi connectivity index (χ0n) is 83.8. The molecule has 1 saturated carbocycles. The lowest BCUT2D eigenvalue weighted by molar-refractivity contribution is -0.299. The second-order valence-electron chi connectivity index (χ2n) is 36.4. The summed E-state index contributed by atoms with van der Waals surface area (Å²) in [6, 6.07) is 68.7. The monoisotopic (exact) mass is 2030 g/mol. The van der Waals surface area contributed by atoms with E-state index in [1.165, 1.54) is 4.90 Å². The Kier molecular flexibility index (Phi) is 36.2. The number of ether oxygens (including phenoxy) is 4. The van der Waals surface area contributed by atoms with E-state index in [0.717, 1.165) is 165 Å². The lowest BCUT2D eigenvalue weighted by Crippen LogP contribution is -2.47. The van der Waals surface area contributed by atoms with Crippen molar-refractivity contribution in [1.29, 1.82) is 0 Å². The maximum absolute atomic E-state index is 13.5. The van der Waals surface area contributed by atoms with Gasteiger partial charge in [-0.25, -0.2) is 34.0 Å². The first-order chi connectivity index (χ1) is 71.8. The number of aromatic amines is 4. The summed E-state index contributed by atoms with van der Waals surface area (Å²) < 4.78 is 38.2. The Hall–Kier alpha value is -16.2. The van der Waals surface area contributed by atoms with Gasteiger partial charge in [0.1, 0.15) is 41.2 Å². The first-order valence-electron chi connectivity index (χ1n) is 49.3. The van der Waals surface area contributed by atoms with Crippen LogP contribution in [0, 0.1) is 12.8 Å². The lowest BCUT2D eigenvalue weighted by Gasteiger charge is -2.32. The fourth-order valence-corrected chi connectivity index (χ4v) is 18.1. The van der Waals surface area contributed by atoms with E-state index in [0.29, 0.717) is 102 Å². The molecule has 1 amide bonds. The van der Waals surface area contributed by atoms with Gasteiger partial charge in [-0.3, -0.25) is 14.6 Å². The number of H-pyrrole nitrogens is 4. The molecule has 0 saturated heterocycles. The number of aromatic nitrogens is 22. The number of aryl methyl sites for hydroxylation is 3. The van der Waals surface area contributed by atoms with Crippen LogP contribution in [0.3, 0.4) is 0 Å². The number of rotatable bonds is 39. The molecule has 40 heteroatoms. The Morgan fingerprint density at radius 1 is 0.547 bits per heavy atom. The third-order valence-corrected chi connectivity index (χ3v) is 25.5. The van der Waals surface area contributed by atoms with Gasteiger partial charge in [0.05, 0.1) is 36.5 Å². The van der Waals surface area contributed by atoms with Gasteiger partial charge in [-0.1, -0.05) is 272 Å². The summed E-state index contributed by atoms with van der Waals surface area (Å²) in [7, 11) is 0. The van der Waals surface area contributed by atoms with Gasteiger partial charge in [0, 0.05) is 66.7 Å². The van der Waals surface area contributed by atoms with Crippen molar-refractivity contribution in [2.45, 2.75) is 222 Å². The van der Waals surface area contributed by atoms with E-state index < -0.39 is 47.8 Å². The number of carboxylic acid groups (broad SMARTS) is 1. The highest BCUT2D eigenvalue weighted by Crippen LogP contribution is 2.40. The average Bonchev–Trinajstić information content (AvgIpc) is 1.61. The molecule has 3 unspecified atom stereocenters. The normalized spacial score (nSPS) is 12.7. The lowest BCUT2D eigenvalue weighted by atomic mass is 9.97. The minimum atomic E-state index is -1.41. The number of benzene rings is 9. The molecule has 3 atom stereocenters. The quantitative estimate of drug-likeness (QED) is 0.0101. The summed E-state index contributed by atoms with van der Waals surface area (Å²) in [5, 5.41) is 98.4. The fourth-order valence-electron chi connectivity index (χ4n) is 17.9.